The molecule has 2 heteroatoms. The summed E-state index contributed by atoms with van der Waals surface area (Å²) >= 11 is 5.95. The molecule has 0 aliphatic heterocycles. The van der Waals surface area contributed by atoms with Crippen LogP contribution in [0.25, 0.3) is 0 Å². The molecule has 0 aliphatic carbocycles. The van der Waals surface area contributed by atoms with Gasteiger partial charge in [-0.1, -0.05) is 18.5 Å². The molecule has 0 saturated heterocycles. The molecule has 10 heavy (non-hydrogen) atoms. The van der Waals surface area contributed by atoms with E-state index in [0.29, 0.717) is 0 Å². The van der Waals surface area contributed by atoms with Crippen LogP contribution in [0.5, 0.6) is 0 Å². The fourth-order valence-corrected chi connectivity index (χ4v) is 1.08. The lowest BCUT2D eigenvalue weighted by molar-refractivity contribution is 1.09. The predicted octanol–water partition coefficient (Wildman–Crippen LogP) is 2.61. The highest BCUT2D eigenvalue weighted by atomic mass is 35.5. The summed E-state index contributed by atoms with van der Waals surface area (Å²) < 4.78 is 0. The predicted molar refractivity (Wildman–Crippen MR) is 43.4 cm³/mol. The summed E-state index contributed by atoms with van der Waals surface area (Å²) in [5.74, 6) is 0. The molecule has 1 rings (SSSR count). The van der Waals surface area contributed by atoms with Gasteiger partial charge < -0.3 is 0 Å². The lowest BCUT2D eigenvalue weighted by atomic mass is 10.2. The van der Waals surface area contributed by atoms with Gasteiger partial charge in [-0.25, -0.2) is 0 Å². The van der Waals surface area contributed by atoms with Gasteiger partial charge in [0.2, 0.25) is 0 Å². The minimum Gasteiger partial charge on any atom is -0.264 e. The first-order valence-corrected chi connectivity index (χ1v) is 3.72. The highest BCUT2D eigenvalue weighted by molar-refractivity contribution is 6.32. The fraction of sp³-hybridized carbons (Fsp3) is 0.375. The van der Waals surface area contributed by atoms with Crippen LogP contribution in [0.1, 0.15) is 18.1 Å². The Morgan fingerprint density at radius 3 is 2.70 bits per heavy atom. The summed E-state index contributed by atoms with van der Waals surface area (Å²) in [5.41, 5.74) is 2.18. The Balaban J connectivity index is 3.14. The molecule has 0 radical (unpaired) electrons. The van der Waals surface area contributed by atoms with Gasteiger partial charge in [-0.15, -0.1) is 0 Å². The topological polar surface area (TPSA) is 12.9 Å². The Morgan fingerprint density at radius 2 is 2.20 bits per heavy atom. The zero-order valence-corrected chi connectivity index (χ0v) is 6.94. The van der Waals surface area contributed by atoms with Gasteiger partial charge in [-0.3, -0.25) is 4.98 Å². The van der Waals surface area contributed by atoms with Gasteiger partial charge in [0.15, 0.2) is 0 Å². The third-order valence-corrected chi connectivity index (χ3v) is 2.05. The molecule has 0 aromatic carbocycles. The molecule has 0 atom stereocenters. The molecule has 0 fully saturated rings. The van der Waals surface area contributed by atoms with E-state index in [1.165, 1.54) is 0 Å². The van der Waals surface area contributed by atoms with E-state index >= 15 is 0 Å². The highest BCUT2D eigenvalue weighted by Crippen LogP contribution is 2.18. The van der Waals surface area contributed by atoms with Gasteiger partial charge in [-0.2, -0.15) is 0 Å². The van der Waals surface area contributed by atoms with E-state index in [1.807, 2.05) is 13.1 Å². The van der Waals surface area contributed by atoms with Crippen LogP contribution in [0, 0.1) is 6.92 Å². The van der Waals surface area contributed by atoms with Gasteiger partial charge in [0.05, 0.1) is 0 Å². The van der Waals surface area contributed by atoms with E-state index in [2.05, 4.69) is 11.9 Å². The maximum absolute atomic E-state index is 5.95. The Bertz CT molecular complexity index is 233. The van der Waals surface area contributed by atoms with Crippen LogP contribution in [-0.4, -0.2) is 4.98 Å². The molecular weight excluding hydrogens is 146 g/mol. The van der Waals surface area contributed by atoms with Crippen molar-refractivity contribution in [1.82, 2.24) is 4.98 Å². The van der Waals surface area contributed by atoms with Crippen LogP contribution < -0.4 is 0 Å². The van der Waals surface area contributed by atoms with Gasteiger partial charge in [0, 0.05) is 17.4 Å². The van der Waals surface area contributed by atoms with Crippen molar-refractivity contribution in [3.63, 3.8) is 0 Å². The smallest absolute Gasteiger partial charge is 0.0497 e. The Labute approximate surface area is 66.0 Å². The fourth-order valence-electron chi connectivity index (χ4n) is 0.852. The summed E-state index contributed by atoms with van der Waals surface area (Å²) in [4.78, 5) is 4.03. The Morgan fingerprint density at radius 1 is 1.50 bits per heavy atom. The lowest BCUT2D eigenvalue weighted by Crippen LogP contribution is -1.86. The van der Waals surface area contributed by atoms with Crippen LogP contribution in [-0.2, 0) is 6.42 Å². The number of aryl methyl sites for hydroxylation is 2. The summed E-state index contributed by atoms with van der Waals surface area (Å²) in [6, 6.07) is 0. The van der Waals surface area contributed by atoms with E-state index in [0.717, 1.165) is 22.6 Å². The van der Waals surface area contributed by atoms with Crippen LogP contribution in [0.15, 0.2) is 12.4 Å². The van der Waals surface area contributed by atoms with Gasteiger partial charge >= 0.3 is 0 Å². The molecule has 54 valence electrons. The maximum atomic E-state index is 5.95. The molecular formula is C8H10ClN. The van der Waals surface area contributed by atoms with Gasteiger partial charge in [0.1, 0.15) is 0 Å². The summed E-state index contributed by atoms with van der Waals surface area (Å²) in [7, 11) is 0. The van der Waals surface area contributed by atoms with E-state index in [9.17, 15) is 0 Å². The van der Waals surface area contributed by atoms with Crippen molar-refractivity contribution in [2.75, 3.05) is 0 Å². The zero-order chi connectivity index (χ0) is 7.56. The minimum atomic E-state index is 0.859. The van der Waals surface area contributed by atoms with Crippen molar-refractivity contribution in [3.05, 3.63) is 28.5 Å². The molecule has 1 heterocycles. The normalized spacial score (nSPS) is 9.90. The molecule has 0 amide bonds. The summed E-state index contributed by atoms with van der Waals surface area (Å²) in [5, 5.41) is 0.859. The Kier molecular flexibility index (Phi) is 2.28. The molecule has 1 aromatic heterocycles. The van der Waals surface area contributed by atoms with Crippen molar-refractivity contribution in [3.8, 4) is 0 Å². The number of hydrogen-bond acceptors (Lipinski definition) is 1. The monoisotopic (exact) mass is 155 g/mol. The number of aromatic nitrogens is 1. The van der Waals surface area contributed by atoms with Gasteiger partial charge in [0.25, 0.3) is 0 Å². The first-order chi connectivity index (χ1) is 4.75. The average Bonchev–Trinajstić information content (AvgIpc) is 1.95. The molecule has 0 unspecified atom stereocenters. The number of rotatable bonds is 1. The second-order valence-electron chi connectivity index (χ2n) is 2.28. The average molecular weight is 156 g/mol. The van der Waals surface area contributed by atoms with E-state index in [1.54, 1.807) is 6.20 Å². The van der Waals surface area contributed by atoms with Gasteiger partial charge in [-0.05, 0) is 24.5 Å². The SMILES string of the molecule is CCc1cncc(C)c1Cl. The number of hydrogen-bond donors (Lipinski definition) is 0. The molecule has 0 N–H and O–H groups in total. The number of halogens is 1. The van der Waals surface area contributed by atoms with E-state index in [4.69, 9.17) is 11.6 Å². The third kappa shape index (κ3) is 1.29. The van der Waals surface area contributed by atoms with Crippen molar-refractivity contribution < 1.29 is 0 Å². The molecule has 0 spiro atoms. The first-order valence-electron chi connectivity index (χ1n) is 3.34. The van der Waals surface area contributed by atoms with Crippen molar-refractivity contribution in [2.45, 2.75) is 20.3 Å². The number of pyridine rings is 1. The first kappa shape index (κ1) is 7.55. The number of nitrogens with zero attached hydrogens (tertiary/aromatic N) is 1. The lowest BCUT2D eigenvalue weighted by Gasteiger charge is -2.01. The van der Waals surface area contributed by atoms with Crippen molar-refractivity contribution >= 4 is 11.6 Å². The zero-order valence-electron chi connectivity index (χ0n) is 6.19. The molecule has 0 aliphatic rings. The minimum absolute atomic E-state index is 0.859. The maximum Gasteiger partial charge on any atom is 0.0497 e. The van der Waals surface area contributed by atoms with E-state index < -0.39 is 0 Å². The van der Waals surface area contributed by atoms with Crippen LogP contribution in [0.2, 0.25) is 5.02 Å². The largest absolute Gasteiger partial charge is 0.264 e. The molecule has 0 bridgehead atoms. The second-order valence-corrected chi connectivity index (χ2v) is 2.66. The quantitative estimate of drug-likeness (QED) is 0.608. The van der Waals surface area contributed by atoms with E-state index in [-0.39, 0.29) is 0 Å². The third-order valence-electron chi connectivity index (χ3n) is 1.51. The van der Waals surface area contributed by atoms with Crippen LogP contribution >= 0.6 is 11.6 Å². The van der Waals surface area contributed by atoms with Crippen LogP contribution in [0.3, 0.4) is 0 Å². The van der Waals surface area contributed by atoms with Crippen molar-refractivity contribution in [2.24, 2.45) is 0 Å². The Hall–Kier alpha value is -0.560. The van der Waals surface area contributed by atoms with Crippen molar-refractivity contribution in [1.29, 1.82) is 0 Å². The molecule has 1 aromatic rings. The molecule has 0 saturated carbocycles. The highest BCUT2D eigenvalue weighted by Gasteiger charge is 1.99. The molecule has 1 nitrogen and oxygen atoms in total. The van der Waals surface area contributed by atoms with Crippen LogP contribution in [0.4, 0.5) is 0 Å². The standard InChI is InChI=1S/C8H10ClN/c1-3-7-5-10-4-6(2)8(7)9/h4-5H,3H2,1-2H3. The summed E-state index contributed by atoms with van der Waals surface area (Å²) in [6.45, 7) is 4.04. The summed E-state index contributed by atoms with van der Waals surface area (Å²) in [6.07, 6.45) is 4.55. The second kappa shape index (κ2) is 3.02.